The number of rotatable bonds is 4. The van der Waals surface area contributed by atoms with E-state index in [1.807, 2.05) is 11.4 Å². The van der Waals surface area contributed by atoms with Gasteiger partial charge in [-0.3, -0.25) is 4.79 Å². The van der Waals surface area contributed by atoms with Gasteiger partial charge in [0.25, 0.3) is 5.91 Å². The number of sulfonamides is 1. The Kier molecular flexibility index (Phi) is 5.12. The summed E-state index contributed by atoms with van der Waals surface area (Å²) in [6.45, 7) is 3.08. The summed E-state index contributed by atoms with van der Waals surface area (Å²) in [6.07, 6.45) is 2.85. The number of nitrogens with zero attached hydrogens (tertiary/aromatic N) is 1. The molecule has 1 heterocycles. The molecule has 1 aromatic heterocycles. The van der Waals surface area contributed by atoms with E-state index in [4.69, 9.17) is 0 Å². The van der Waals surface area contributed by atoms with Crippen molar-refractivity contribution in [3.05, 3.63) is 26.9 Å². The van der Waals surface area contributed by atoms with Crippen LogP contribution in [0.3, 0.4) is 0 Å². The Hall–Kier alpha value is -0.660. The van der Waals surface area contributed by atoms with Gasteiger partial charge in [-0.15, -0.1) is 11.3 Å². The molecule has 1 aromatic rings. The number of amides is 1. The van der Waals surface area contributed by atoms with Crippen LogP contribution in [0.4, 0.5) is 0 Å². The maximum atomic E-state index is 11.8. The van der Waals surface area contributed by atoms with Crippen molar-refractivity contribution < 1.29 is 13.2 Å². The normalized spacial score (nSPS) is 12.3. The van der Waals surface area contributed by atoms with Gasteiger partial charge in [0.2, 0.25) is 10.0 Å². The molecule has 4 nitrogen and oxygen atoms in total. The van der Waals surface area contributed by atoms with E-state index in [2.05, 4.69) is 15.9 Å². The van der Waals surface area contributed by atoms with Crippen molar-refractivity contribution >= 4 is 49.3 Å². The highest BCUT2D eigenvalue weighted by molar-refractivity contribution is 9.11. The van der Waals surface area contributed by atoms with E-state index >= 15 is 0 Å². The third kappa shape index (κ3) is 3.66. The van der Waals surface area contributed by atoms with Crippen molar-refractivity contribution in [1.29, 1.82) is 0 Å². The summed E-state index contributed by atoms with van der Waals surface area (Å²) >= 11 is 4.81. The van der Waals surface area contributed by atoms with Crippen molar-refractivity contribution in [3.63, 3.8) is 0 Å². The molecule has 0 saturated heterocycles. The van der Waals surface area contributed by atoms with Crippen LogP contribution in [-0.2, 0) is 14.8 Å². The fourth-order valence-corrected chi connectivity index (χ4v) is 3.21. The monoisotopic (exact) mass is 351 g/mol. The molecule has 18 heavy (non-hydrogen) atoms. The second-order valence-corrected chi connectivity index (χ2v) is 8.73. The molecule has 100 valence electrons. The highest BCUT2D eigenvalue weighted by atomic mass is 79.9. The standard InChI is InChI=1S/C11H14BrNO3S2/c1-8(2)18(15,16)13(3)11(14)5-4-9-6-10(12)17-7-9/h4-8H,1-3H3/b5-4-. The maximum Gasteiger partial charge on any atom is 0.259 e. The average molecular weight is 352 g/mol. The van der Waals surface area contributed by atoms with Crippen molar-refractivity contribution in [2.24, 2.45) is 0 Å². The van der Waals surface area contributed by atoms with Gasteiger partial charge < -0.3 is 0 Å². The van der Waals surface area contributed by atoms with Gasteiger partial charge in [-0.2, -0.15) is 0 Å². The second kappa shape index (κ2) is 5.99. The van der Waals surface area contributed by atoms with E-state index < -0.39 is 21.2 Å². The summed E-state index contributed by atoms with van der Waals surface area (Å²) < 4.78 is 25.2. The van der Waals surface area contributed by atoms with Gasteiger partial charge in [-0.25, -0.2) is 12.7 Å². The zero-order valence-corrected chi connectivity index (χ0v) is 13.5. The fraction of sp³-hybridized carbons (Fsp3) is 0.364. The Balaban J connectivity index is 2.81. The van der Waals surface area contributed by atoms with Crippen LogP contribution in [0.25, 0.3) is 6.08 Å². The molecule has 7 heteroatoms. The molecule has 0 aliphatic rings. The zero-order chi connectivity index (χ0) is 13.9. The topological polar surface area (TPSA) is 54.5 Å². The third-order valence-electron chi connectivity index (χ3n) is 2.29. The first-order chi connectivity index (χ1) is 8.25. The lowest BCUT2D eigenvalue weighted by molar-refractivity contribution is -0.120. The molecule has 1 rings (SSSR count). The Morgan fingerprint density at radius 3 is 2.56 bits per heavy atom. The van der Waals surface area contributed by atoms with Crippen LogP contribution in [0.2, 0.25) is 0 Å². The van der Waals surface area contributed by atoms with Crippen LogP contribution < -0.4 is 0 Å². The predicted molar refractivity (Wildman–Crippen MR) is 77.9 cm³/mol. The molecule has 1 amide bonds. The van der Waals surface area contributed by atoms with E-state index in [0.29, 0.717) is 0 Å². The molecule has 0 spiro atoms. The fourth-order valence-electron chi connectivity index (χ4n) is 1.12. The molecule has 0 atom stereocenters. The molecule has 0 radical (unpaired) electrons. The number of thiophene rings is 1. The summed E-state index contributed by atoms with van der Waals surface area (Å²) in [5, 5.41) is 1.25. The quantitative estimate of drug-likeness (QED) is 0.783. The Labute approximate surface area is 119 Å². The van der Waals surface area contributed by atoms with Gasteiger partial charge in [-0.05, 0) is 52.9 Å². The Morgan fingerprint density at radius 2 is 2.11 bits per heavy atom. The van der Waals surface area contributed by atoms with E-state index in [-0.39, 0.29) is 0 Å². The van der Waals surface area contributed by atoms with Crippen molar-refractivity contribution in [3.8, 4) is 0 Å². The minimum Gasteiger partial charge on any atom is -0.269 e. The van der Waals surface area contributed by atoms with E-state index in [9.17, 15) is 13.2 Å². The minimum atomic E-state index is -3.55. The molecule has 0 aliphatic heterocycles. The first kappa shape index (κ1) is 15.4. The summed E-state index contributed by atoms with van der Waals surface area (Å²) in [4.78, 5) is 11.7. The van der Waals surface area contributed by atoms with Crippen LogP contribution in [0.1, 0.15) is 19.4 Å². The first-order valence-corrected chi connectivity index (χ1v) is 8.36. The van der Waals surface area contributed by atoms with Crippen LogP contribution in [0, 0.1) is 0 Å². The van der Waals surface area contributed by atoms with Gasteiger partial charge in [0.1, 0.15) is 0 Å². The largest absolute Gasteiger partial charge is 0.269 e. The molecule has 0 aliphatic carbocycles. The summed E-state index contributed by atoms with van der Waals surface area (Å²) in [6, 6.07) is 1.85. The summed E-state index contributed by atoms with van der Waals surface area (Å²) in [5.74, 6) is -0.550. The molecular weight excluding hydrogens is 338 g/mol. The highest BCUT2D eigenvalue weighted by Crippen LogP contribution is 2.21. The van der Waals surface area contributed by atoms with Crippen LogP contribution in [0.5, 0.6) is 0 Å². The smallest absolute Gasteiger partial charge is 0.259 e. The van der Waals surface area contributed by atoms with Gasteiger partial charge in [0.05, 0.1) is 9.04 Å². The Bertz CT molecular complexity index is 561. The SMILES string of the molecule is CC(C)S(=O)(=O)N(C)C(=O)/C=C\c1csc(Br)c1. The number of carbonyl (C=O) groups is 1. The van der Waals surface area contributed by atoms with E-state index in [0.717, 1.165) is 13.7 Å². The third-order valence-corrected chi connectivity index (χ3v) is 5.95. The lowest BCUT2D eigenvalue weighted by Crippen LogP contribution is -2.36. The van der Waals surface area contributed by atoms with Crippen molar-refractivity contribution in [2.45, 2.75) is 19.1 Å². The molecule has 0 unspecified atom stereocenters. The second-order valence-electron chi connectivity index (χ2n) is 3.92. The molecule has 0 aromatic carbocycles. The zero-order valence-electron chi connectivity index (χ0n) is 10.3. The summed E-state index contributed by atoms with van der Waals surface area (Å²) in [7, 11) is -2.28. The molecule has 0 N–H and O–H groups in total. The number of likely N-dealkylation sites (N-methyl/N-ethyl adjacent to an activating group) is 1. The lowest BCUT2D eigenvalue weighted by atomic mass is 10.3. The van der Waals surface area contributed by atoms with Crippen molar-refractivity contribution in [2.75, 3.05) is 7.05 Å². The Morgan fingerprint density at radius 1 is 1.50 bits per heavy atom. The van der Waals surface area contributed by atoms with E-state index in [1.165, 1.54) is 24.5 Å². The van der Waals surface area contributed by atoms with E-state index in [1.54, 1.807) is 19.9 Å². The van der Waals surface area contributed by atoms with Crippen LogP contribution in [-0.4, -0.2) is 30.9 Å². The number of hydrogen-bond acceptors (Lipinski definition) is 4. The first-order valence-electron chi connectivity index (χ1n) is 5.19. The molecule has 0 fully saturated rings. The van der Waals surface area contributed by atoms with Crippen LogP contribution >= 0.6 is 27.3 Å². The number of carbonyl (C=O) groups excluding carboxylic acids is 1. The van der Waals surface area contributed by atoms with Gasteiger partial charge in [0.15, 0.2) is 0 Å². The lowest BCUT2D eigenvalue weighted by Gasteiger charge is -2.18. The minimum absolute atomic E-state index is 0.550. The average Bonchev–Trinajstić information content (AvgIpc) is 2.70. The van der Waals surface area contributed by atoms with Gasteiger partial charge in [0, 0.05) is 13.1 Å². The van der Waals surface area contributed by atoms with Gasteiger partial charge in [-0.1, -0.05) is 0 Å². The van der Waals surface area contributed by atoms with Crippen molar-refractivity contribution in [1.82, 2.24) is 4.31 Å². The number of hydrogen-bond donors (Lipinski definition) is 0. The maximum absolute atomic E-state index is 11.8. The molecular formula is C11H14BrNO3S2. The summed E-state index contributed by atoms with van der Waals surface area (Å²) in [5.41, 5.74) is 0.857. The number of halogens is 1. The molecule has 0 saturated carbocycles. The van der Waals surface area contributed by atoms with Gasteiger partial charge >= 0.3 is 0 Å². The van der Waals surface area contributed by atoms with Crippen LogP contribution in [0.15, 0.2) is 21.3 Å². The highest BCUT2D eigenvalue weighted by Gasteiger charge is 2.24. The predicted octanol–water partition coefficient (Wildman–Crippen LogP) is 2.72. The molecule has 0 bridgehead atoms.